The minimum atomic E-state index is -3.12. The third-order valence-electron chi connectivity index (χ3n) is 3.41. The van der Waals surface area contributed by atoms with Gasteiger partial charge in [-0.25, -0.2) is 13.2 Å². The molecule has 0 saturated carbocycles. The highest BCUT2D eigenvalue weighted by Gasteiger charge is 2.17. The summed E-state index contributed by atoms with van der Waals surface area (Å²) in [7, 11) is -3.12. The van der Waals surface area contributed by atoms with E-state index in [0.29, 0.717) is 0 Å². The Labute approximate surface area is 133 Å². The standard InChI is InChI=1S/C16H25NO4S/c1-5-13-8-7-9-14(6-2)15(13)17-12(3)16(18)21-10-11-22(4,19)20/h7-9,12,17H,5-6,10-11H2,1-4H3. The maximum absolute atomic E-state index is 12.0. The number of esters is 1. The summed E-state index contributed by atoms with van der Waals surface area (Å²) in [4.78, 5) is 12.0. The second kappa shape index (κ2) is 8.17. The first-order valence-electron chi connectivity index (χ1n) is 7.50. The molecular weight excluding hydrogens is 302 g/mol. The molecule has 0 bridgehead atoms. The lowest BCUT2D eigenvalue weighted by Crippen LogP contribution is -2.30. The third kappa shape index (κ3) is 5.67. The molecule has 1 aromatic rings. The number of carbonyl (C=O) groups is 1. The van der Waals surface area contributed by atoms with E-state index in [2.05, 4.69) is 19.2 Å². The number of benzene rings is 1. The average Bonchev–Trinajstić information content (AvgIpc) is 2.45. The molecule has 0 saturated heterocycles. The molecule has 1 N–H and O–H groups in total. The van der Waals surface area contributed by atoms with Crippen LogP contribution in [0.3, 0.4) is 0 Å². The van der Waals surface area contributed by atoms with Crippen molar-refractivity contribution >= 4 is 21.5 Å². The molecule has 0 aliphatic heterocycles. The molecule has 0 aliphatic carbocycles. The lowest BCUT2D eigenvalue weighted by atomic mass is 10.0. The number of para-hydroxylation sites is 1. The second-order valence-electron chi connectivity index (χ2n) is 5.32. The molecule has 1 rings (SSSR count). The lowest BCUT2D eigenvalue weighted by molar-refractivity contribution is -0.143. The van der Waals surface area contributed by atoms with Crippen molar-refractivity contribution in [1.29, 1.82) is 0 Å². The Morgan fingerprint density at radius 2 is 1.77 bits per heavy atom. The molecule has 22 heavy (non-hydrogen) atoms. The highest BCUT2D eigenvalue weighted by atomic mass is 32.2. The van der Waals surface area contributed by atoms with Gasteiger partial charge in [-0.1, -0.05) is 32.0 Å². The summed E-state index contributed by atoms with van der Waals surface area (Å²) < 4.78 is 27.1. The van der Waals surface area contributed by atoms with Gasteiger partial charge in [0.25, 0.3) is 0 Å². The van der Waals surface area contributed by atoms with Crippen LogP contribution in [-0.4, -0.2) is 39.0 Å². The Kier molecular flexibility index (Phi) is 6.87. The normalized spacial score (nSPS) is 12.7. The number of aryl methyl sites for hydroxylation is 2. The van der Waals surface area contributed by atoms with Gasteiger partial charge in [-0.3, -0.25) is 0 Å². The van der Waals surface area contributed by atoms with Crippen LogP contribution in [0, 0.1) is 0 Å². The number of anilines is 1. The maximum Gasteiger partial charge on any atom is 0.328 e. The highest BCUT2D eigenvalue weighted by molar-refractivity contribution is 7.90. The van der Waals surface area contributed by atoms with E-state index in [0.717, 1.165) is 35.9 Å². The molecule has 0 aromatic heterocycles. The number of ether oxygens (including phenoxy) is 1. The van der Waals surface area contributed by atoms with E-state index in [9.17, 15) is 13.2 Å². The van der Waals surface area contributed by atoms with E-state index >= 15 is 0 Å². The van der Waals surface area contributed by atoms with E-state index < -0.39 is 21.8 Å². The van der Waals surface area contributed by atoms with Gasteiger partial charge in [0.15, 0.2) is 9.84 Å². The predicted octanol–water partition coefficient (Wildman–Crippen LogP) is 2.20. The Morgan fingerprint density at radius 1 is 1.23 bits per heavy atom. The van der Waals surface area contributed by atoms with Gasteiger partial charge in [-0.05, 0) is 30.9 Å². The van der Waals surface area contributed by atoms with Crippen LogP contribution in [-0.2, 0) is 32.2 Å². The summed E-state index contributed by atoms with van der Waals surface area (Å²) in [6.07, 6.45) is 2.85. The molecule has 0 spiro atoms. The van der Waals surface area contributed by atoms with Gasteiger partial charge in [-0.15, -0.1) is 0 Å². The van der Waals surface area contributed by atoms with E-state index in [1.54, 1.807) is 6.92 Å². The van der Waals surface area contributed by atoms with Crippen molar-refractivity contribution in [1.82, 2.24) is 0 Å². The fourth-order valence-electron chi connectivity index (χ4n) is 2.12. The van der Waals surface area contributed by atoms with Crippen molar-refractivity contribution in [3.05, 3.63) is 29.3 Å². The first-order chi connectivity index (χ1) is 10.3. The Hall–Kier alpha value is -1.56. The molecule has 0 amide bonds. The van der Waals surface area contributed by atoms with Crippen LogP contribution in [0.1, 0.15) is 31.9 Å². The number of nitrogens with one attached hydrogen (secondary N) is 1. The van der Waals surface area contributed by atoms with Gasteiger partial charge < -0.3 is 10.1 Å². The van der Waals surface area contributed by atoms with Crippen LogP contribution in [0.25, 0.3) is 0 Å². The molecule has 0 fully saturated rings. The molecule has 0 aliphatic rings. The Balaban J connectivity index is 2.72. The summed E-state index contributed by atoms with van der Waals surface area (Å²) in [5.74, 6) is -0.603. The molecule has 1 atom stereocenters. The largest absolute Gasteiger partial charge is 0.463 e. The SMILES string of the molecule is CCc1cccc(CC)c1NC(C)C(=O)OCCS(C)(=O)=O. The monoisotopic (exact) mass is 327 g/mol. The van der Waals surface area contributed by atoms with Gasteiger partial charge in [-0.2, -0.15) is 0 Å². The van der Waals surface area contributed by atoms with Crippen molar-refractivity contribution in [2.75, 3.05) is 23.9 Å². The van der Waals surface area contributed by atoms with Crippen molar-refractivity contribution in [3.63, 3.8) is 0 Å². The molecule has 124 valence electrons. The maximum atomic E-state index is 12.0. The van der Waals surface area contributed by atoms with Crippen molar-refractivity contribution in [2.45, 2.75) is 39.7 Å². The van der Waals surface area contributed by atoms with Gasteiger partial charge >= 0.3 is 5.97 Å². The number of rotatable bonds is 8. The topological polar surface area (TPSA) is 72.5 Å². The van der Waals surface area contributed by atoms with Gasteiger partial charge in [0.2, 0.25) is 0 Å². The molecular formula is C16H25NO4S. The first kappa shape index (κ1) is 18.5. The van der Waals surface area contributed by atoms with Crippen LogP contribution in [0.5, 0.6) is 0 Å². The van der Waals surface area contributed by atoms with Crippen molar-refractivity contribution in [3.8, 4) is 0 Å². The number of carbonyl (C=O) groups excluding carboxylic acids is 1. The second-order valence-corrected chi connectivity index (χ2v) is 7.58. The zero-order valence-electron chi connectivity index (χ0n) is 13.7. The number of hydrogen-bond acceptors (Lipinski definition) is 5. The first-order valence-corrected chi connectivity index (χ1v) is 9.56. The third-order valence-corrected chi connectivity index (χ3v) is 4.32. The Morgan fingerprint density at radius 3 is 2.23 bits per heavy atom. The molecule has 1 unspecified atom stereocenters. The predicted molar refractivity (Wildman–Crippen MR) is 89.0 cm³/mol. The van der Waals surface area contributed by atoms with Crippen LogP contribution in [0.15, 0.2) is 18.2 Å². The quantitative estimate of drug-likeness (QED) is 0.741. The number of hydrogen-bond donors (Lipinski definition) is 1. The summed E-state index contributed by atoms with van der Waals surface area (Å²) in [5, 5.41) is 3.20. The lowest BCUT2D eigenvalue weighted by Gasteiger charge is -2.19. The van der Waals surface area contributed by atoms with Crippen LogP contribution in [0.4, 0.5) is 5.69 Å². The fourth-order valence-corrected chi connectivity index (χ4v) is 2.51. The van der Waals surface area contributed by atoms with E-state index in [1.807, 2.05) is 18.2 Å². The summed E-state index contributed by atoms with van der Waals surface area (Å²) in [6, 6.07) is 5.54. The summed E-state index contributed by atoms with van der Waals surface area (Å²) >= 11 is 0. The molecule has 0 radical (unpaired) electrons. The van der Waals surface area contributed by atoms with E-state index in [4.69, 9.17) is 4.74 Å². The smallest absolute Gasteiger partial charge is 0.328 e. The van der Waals surface area contributed by atoms with Gasteiger partial charge in [0.05, 0.1) is 5.75 Å². The molecule has 1 aromatic carbocycles. The minimum Gasteiger partial charge on any atom is -0.463 e. The van der Waals surface area contributed by atoms with E-state index in [1.165, 1.54) is 0 Å². The van der Waals surface area contributed by atoms with Gasteiger partial charge in [0.1, 0.15) is 12.6 Å². The van der Waals surface area contributed by atoms with E-state index in [-0.39, 0.29) is 12.4 Å². The van der Waals surface area contributed by atoms with Crippen LogP contribution >= 0.6 is 0 Å². The molecule has 0 heterocycles. The van der Waals surface area contributed by atoms with Crippen molar-refractivity contribution in [2.24, 2.45) is 0 Å². The molecule has 5 nitrogen and oxygen atoms in total. The minimum absolute atomic E-state index is 0.111. The summed E-state index contributed by atoms with van der Waals surface area (Å²) in [6.45, 7) is 5.73. The molecule has 6 heteroatoms. The van der Waals surface area contributed by atoms with Gasteiger partial charge in [0, 0.05) is 11.9 Å². The van der Waals surface area contributed by atoms with Crippen LogP contribution < -0.4 is 5.32 Å². The average molecular weight is 327 g/mol. The zero-order chi connectivity index (χ0) is 16.8. The summed E-state index contributed by atoms with van der Waals surface area (Å²) in [5.41, 5.74) is 3.27. The zero-order valence-corrected chi connectivity index (χ0v) is 14.5. The van der Waals surface area contributed by atoms with Crippen molar-refractivity contribution < 1.29 is 17.9 Å². The fraction of sp³-hybridized carbons (Fsp3) is 0.562. The van der Waals surface area contributed by atoms with Crippen LogP contribution in [0.2, 0.25) is 0 Å². The number of sulfone groups is 1. The highest BCUT2D eigenvalue weighted by Crippen LogP contribution is 2.23. The Bertz CT molecular complexity index is 588.